The van der Waals surface area contributed by atoms with Crippen LogP contribution in [0.3, 0.4) is 0 Å². The van der Waals surface area contributed by atoms with Gasteiger partial charge in [0.05, 0.1) is 22.6 Å². The maximum Gasteiger partial charge on any atom is 0.356 e. The number of aliphatic carboxylic acids is 1. The minimum Gasteiger partial charge on any atom is -0.476 e. The highest BCUT2D eigenvalue weighted by Crippen LogP contribution is 2.44. The Balaban J connectivity index is 2.16. The van der Waals surface area contributed by atoms with E-state index >= 15 is 0 Å². The van der Waals surface area contributed by atoms with Crippen LogP contribution in [0.25, 0.3) is 0 Å². The maximum atomic E-state index is 13.0. The van der Waals surface area contributed by atoms with Crippen molar-refractivity contribution in [2.24, 2.45) is 5.41 Å². The van der Waals surface area contributed by atoms with Crippen molar-refractivity contribution in [1.82, 2.24) is 10.6 Å². The number of anilines is 1. The summed E-state index contributed by atoms with van der Waals surface area (Å²) in [5.41, 5.74) is -0.317. The summed E-state index contributed by atoms with van der Waals surface area (Å²) in [4.78, 5) is 27.0. The standard InChI is InChI=1S/C23H25Cl2N3O5/c1-22(2,13-32-3)23(33-4)27-19(26-20(29)16-11-10-14(24)12-17(16)25)18(21(30)31)28(23)15-8-6-5-7-9-15/h5-12,27H,13H2,1-4H3,(H,26,29)(H,30,31). The first-order valence-corrected chi connectivity index (χ1v) is 10.7. The molecule has 33 heavy (non-hydrogen) atoms. The Kier molecular flexibility index (Phi) is 7.23. The van der Waals surface area contributed by atoms with Crippen molar-refractivity contribution in [3.63, 3.8) is 0 Å². The van der Waals surface area contributed by atoms with Gasteiger partial charge in [-0.3, -0.25) is 9.69 Å². The zero-order chi connectivity index (χ0) is 24.4. The molecule has 3 N–H and O–H groups in total. The van der Waals surface area contributed by atoms with Crippen LogP contribution in [0.15, 0.2) is 60.0 Å². The highest BCUT2D eigenvalue weighted by Gasteiger charge is 2.58. The van der Waals surface area contributed by atoms with E-state index in [4.69, 9.17) is 32.7 Å². The van der Waals surface area contributed by atoms with E-state index in [9.17, 15) is 14.7 Å². The second-order valence-electron chi connectivity index (χ2n) is 8.07. The van der Waals surface area contributed by atoms with Crippen LogP contribution in [-0.4, -0.2) is 43.7 Å². The molecule has 2 aromatic rings. The summed E-state index contributed by atoms with van der Waals surface area (Å²) < 4.78 is 11.4. The Morgan fingerprint density at radius 2 is 1.82 bits per heavy atom. The Hall–Kier alpha value is -2.78. The minimum absolute atomic E-state index is 0.0478. The number of hydrogen-bond acceptors (Lipinski definition) is 6. The van der Waals surface area contributed by atoms with Crippen LogP contribution < -0.4 is 15.5 Å². The Morgan fingerprint density at radius 1 is 1.15 bits per heavy atom. The van der Waals surface area contributed by atoms with Crippen molar-refractivity contribution in [1.29, 1.82) is 0 Å². The molecule has 2 aromatic carbocycles. The van der Waals surface area contributed by atoms with Crippen molar-refractivity contribution in [3.8, 4) is 0 Å². The smallest absolute Gasteiger partial charge is 0.356 e. The second-order valence-corrected chi connectivity index (χ2v) is 8.91. The number of hydrogen-bond donors (Lipinski definition) is 3. The number of para-hydroxylation sites is 1. The predicted molar refractivity (Wildman–Crippen MR) is 126 cm³/mol. The van der Waals surface area contributed by atoms with Crippen molar-refractivity contribution >= 4 is 40.8 Å². The summed E-state index contributed by atoms with van der Waals surface area (Å²) >= 11 is 12.1. The molecule has 176 valence electrons. The van der Waals surface area contributed by atoms with E-state index in [0.717, 1.165) is 0 Å². The zero-order valence-electron chi connectivity index (χ0n) is 18.6. The molecule has 1 aliphatic heterocycles. The van der Waals surface area contributed by atoms with Gasteiger partial charge in [0, 0.05) is 24.9 Å². The van der Waals surface area contributed by atoms with E-state index in [2.05, 4.69) is 10.6 Å². The summed E-state index contributed by atoms with van der Waals surface area (Å²) in [6.07, 6.45) is 0. The highest BCUT2D eigenvalue weighted by molar-refractivity contribution is 6.36. The summed E-state index contributed by atoms with van der Waals surface area (Å²) in [7, 11) is 3.00. The molecule has 1 atom stereocenters. The van der Waals surface area contributed by atoms with Gasteiger partial charge in [0.2, 0.25) is 5.85 Å². The van der Waals surface area contributed by atoms with Crippen LogP contribution in [-0.2, 0) is 14.3 Å². The van der Waals surface area contributed by atoms with E-state index < -0.39 is 23.1 Å². The lowest BCUT2D eigenvalue weighted by Crippen LogP contribution is -2.66. The number of carboxylic acids is 1. The van der Waals surface area contributed by atoms with Crippen molar-refractivity contribution < 1.29 is 24.2 Å². The number of methoxy groups -OCH3 is 2. The first-order chi connectivity index (χ1) is 15.6. The van der Waals surface area contributed by atoms with E-state index in [0.29, 0.717) is 10.7 Å². The molecule has 0 saturated carbocycles. The molecule has 0 bridgehead atoms. The van der Waals surface area contributed by atoms with Gasteiger partial charge in [0.1, 0.15) is 5.82 Å². The monoisotopic (exact) mass is 493 g/mol. The fraction of sp³-hybridized carbons (Fsp3) is 0.304. The molecule has 3 rings (SSSR count). The number of nitrogens with one attached hydrogen (secondary N) is 2. The average molecular weight is 494 g/mol. The lowest BCUT2D eigenvalue weighted by molar-refractivity contribution is -0.139. The quantitative estimate of drug-likeness (QED) is 0.509. The first kappa shape index (κ1) is 24.9. The van der Waals surface area contributed by atoms with E-state index in [1.165, 1.54) is 30.2 Å². The fourth-order valence-electron chi connectivity index (χ4n) is 3.94. The molecule has 0 saturated heterocycles. The van der Waals surface area contributed by atoms with Gasteiger partial charge >= 0.3 is 5.97 Å². The van der Waals surface area contributed by atoms with Crippen LogP contribution in [0.4, 0.5) is 5.69 Å². The fourth-order valence-corrected chi connectivity index (χ4v) is 4.43. The lowest BCUT2D eigenvalue weighted by atomic mass is 9.86. The van der Waals surface area contributed by atoms with E-state index in [1.807, 2.05) is 19.9 Å². The molecule has 0 aromatic heterocycles. The molecular weight excluding hydrogens is 469 g/mol. The Bertz CT molecular complexity index is 1090. The van der Waals surface area contributed by atoms with Gasteiger partial charge in [-0.1, -0.05) is 55.2 Å². The Labute approximate surface area is 202 Å². The number of rotatable bonds is 8. The van der Waals surface area contributed by atoms with Crippen LogP contribution in [0.5, 0.6) is 0 Å². The van der Waals surface area contributed by atoms with Gasteiger partial charge in [-0.05, 0) is 30.3 Å². The van der Waals surface area contributed by atoms with Gasteiger partial charge in [-0.15, -0.1) is 0 Å². The number of carbonyl (C=O) groups excluding carboxylic acids is 1. The third-order valence-electron chi connectivity index (χ3n) is 5.42. The largest absolute Gasteiger partial charge is 0.476 e. The molecular formula is C23H25Cl2N3O5. The highest BCUT2D eigenvalue weighted by atomic mass is 35.5. The van der Waals surface area contributed by atoms with Crippen LogP contribution in [0.2, 0.25) is 10.0 Å². The van der Waals surface area contributed by atoms with Crippen molar-refractivity contribution in [2.75, 3.05) is 25.7 Å². The number of nitrogens with zero attached hydrogens (tertiary/aromatic N) is 1. The van der Waals surface area contributed by atoms with E-state index in [1.54, 1.807) is 31.4 Å². The zero-order valence-corrected chi connectivity index (χ0v) is 20.1. The number of halogens is 2. The van der Waals surface area contributed by atoms with E-state index in [-0.39, 0.29) is 28.7 Å². The lowest BCUT2D eigenvalue weighted by Gasteiger charge is -2.48. The number of benzene rings is 2. The summed E-state index contributed by atoms with van der Waals surface area (Å²) in [5.74, 6) is -3.34. The third-order valence-corrected chi connectivity index (χ3v) is 5.97. The normalized spacial score (nSPS) is 18.3. The van der Waals surface area contributed by atoms with Crippen LogP contribution >= 0.6 is 23.2 Å². The minimum atomic E-state index is -1.41. The maximum absolute atomic E-state index is 13.0. The molecule has 0 aliphatic carbocycles. The molecule has 1 amide bonds. The molecule has 0 fully saturated rings. The first-order valence-electron chi connectivity index (χ1n) is 9.99. The summed E-state index contributed by atoms with van der Waals surface area (Å²) in [5, 5.41) is 16.5. The molecule has 1 unspecified atom stereocenters. The average Bonchev–Trinajstić information content (AvgIpc) is 3.10. The van der Waals surface area contributed by atoms with Crippen LogP contribution in [0, 0.1) is 5.41 Å². The van der Waals surface area contributed by atoms with Gasteiger partial charge in [0.15, 0.2) is 5.70 Å². The SMILES string of the molecule is COCC(C)(C)C1(OC)NC(NC(=O)c2ccc(Cl)cc2Cl)=C(C(=O)O)N1c1ccccc1. The van der Waals surface area contributed by atoms with Crippen LogP contribution in [0.1, 0.15) is 24.2 Å². The topological polar surface area (TPSA) is 100 Å². The number of amides is 1. The summed E-state index contributed by atoms with van der Waals surface area (Å²) in [6.45, 7) is 3.95. The molecule has 1 heterocycles. The molecule has 0 radical (unpaired) electrons. The van der Waals surface area contributed by atoms with Gasteiger partial charge in [-0.25, -0.2) is 4.79 Å². The third kappa shape index (κ3) is 4.52. The molecule has 1 aliphatic rings. The van der Waals surface area contributed by atoms with Gasteiger partial charge in [-0.2, -0.15) is 0 Å². The van der Waals surface area contributed by atoms with Gasteiger partial charge < -0.3 is 25.2 Å². The van der Waals surface area contributed by atoms with Crippen molar-refractivity contribution in [3.05, 3.63) is 75.7 Å². The van der Waals surface area contributed by atoms with Gasteiger partial charge in [0.25, 0.3) is 5.91 Å². The molecule has 0 spiro atoms. The number of carbonyl (C=O) groups is 2. The predicted octanol–water partition coefficient (Wildman–Crippen LogP) is 4.06. The Morgan fingerprint density at radius 3 is 2.36 bits per heavy atom. The second kappa shape index (κ2) is 9.61. The van der Waals surface area contributed by atoms with Crippen molar-refractivity contribution in [2.45, 2.75) is 19.7 Å². The molecule has 10 heteroatoms. The number of ether oxygens (including phenoxy) is 2. The summed E-state index contributed by atoms with van der Waals surface area (Å²) in [6, 6.07) is 13.3. The molecule has 8 nitrogen and oxygen atoms in total. The number of carboxylic acid groups (broad SMARTS) is 1.